The molecule has 1 heterocycles. The molecule has 0 amide bonds. The largest absolute Gasteiger partial charge is 0.247 e. The van der Waals surface area contributed by atoms with Crippen molar-refractivity contribution in [2.24, 2.45) is 0 Å². The summed E-state index contributed by atoms with van der Waals surface area (Å²) in [5.74, 6) is 0. The third-order valence-corrected chi connectivity index (χ3v) is 5.31. The van der Waals surface area contributed by atoms with Gasteiger partial charge in [0.2, 0.25) is 0 Å². The molecule has 1 saturated heterocycles. The number of alkyl halides is 1. The van der Waals surface area contributed by atoms with Crippen LogP contribution in [0.15, 0.2) is 0 Å². The van der Waals surface area contributed by atoms with E-state index in [0.29, 0.717) is 10.5 Å². The summed E-state index contributed by atoms with van der Waals surface area (Å²) in [6.45, 7) is 4.47. The van der Waals surface area contributed by atoms with Gasteiger partial charge in [0, 0.05) is 10.5 Å². The van der Waals surface area contributed by atoms with Crippen molar-refractivity contribution >= 4 is 11.8 Å². The molecule has 0 aromatic rings. The molecule has 3 atom stereocenters. The van der Waals surface area contributed by atoms with Gasteiger partial charge >= 0.3 is 0 Å². The topological polar surface area (TPSA) is 0 Å². The van der Waals surface area contributed by atoms with E-state index in [1.54, 1.807) is 0 Å². The summed E-state index contributed by atoms with van der Waals surface area (Å²) in [6, 6.07) is 0. The molecular weight excluding hydrogens is 231 g/mol. The molecule has 1 unspecified atom stereocenters. The van der Waals surface area contributed by atoms with Gasteiger partial charge in [0.25, 0.3) is 0 Å². The highest BCUT2D eigenvalue weighted by atomic mass is 32.2. The van der Waals surface area contributed by atoms with Crippen LogP contribution in [0, 0.1) is 0 Å². The van der Waals surface area contributed by atoms with Gasteiger partial charge in [-0.1, -0.05) is 52.4 Å². The van der Waals surface area contributed by atoms with Crippen LogP contribution in [0.1, 0.15) is 78.1 Å². The first-order chi connectivity index (χ1) is 8.26. The molecule has 1 fully saturated rings. The zero-order valence-electron chi connectivity index (χ0n) is 11.6. The zero-order chi connectivity index (χ0) is 12.5. The summed E-state index contributed by atoms with van der Waals surface area (Å²) in [7, 11) is 0. The van der Waals surface area contributed by atoms with E-state index in [-0.39, 0.29) is 0 Å². The monoisotopic (exact) mass is 260 g/mol. The number of thioether (sulfide) groups is 1. The van der Waals surface area contributed by atoms with Gasteiger partial charge in [-0.15, -0.1) is 0 Å². The SMILES string of the molecule is CCCCC[C@@H]1CC(F)C[C@H](CCCCC)S1. The molecule has 0 aliphatic carbocycles. The van der Waals surface area contributed by atoms with Gasteiger partial charge in [-0.3, -0.25) is 0 Å². The van der Waals surface area contributed by atoms with E-state index in [1.807, 2.05) is 0 Å². The van der Waals surface area contributed by atoms with Crippen molar-refractivity contribution in [2.45, 2.75) is 94.7 Å². The Hall–Kier alpha value is 0.280. The number of rotatable bonds is 8. The summed E-state index contributed by atoms with van der Waals surface area (Å²) in [5.41, 5.74) is 0. The first-order valence-electron chi connectivity index (χ1n) is 7.55. The fourth-order valence-corrected chi connectivity index (χ4v) is 4.46. The van der Waals surface area contributed by atoms with Crippen molar-refractivity contribution in [1.29, 1.82) is 0 Å². The van der Waals surface area contributed by atoms with Gasteiger partial charge in [-0.2, -0.15) is 11.8 Å². The molecular formula is C15H29FS. The maximum atomic E-state index is 13.7. The second-order valence-electron chi connectivity index (χ2n) is 5.44. The Morgan fingerprint density at radius 3 is 1.76 bits per heavy atom. The van der Waals surface area contributed by atoms with E-state index in [1.165, 1.54) is 51.4 Å². The molecule has 0 nitrogen and oxygen atoms in total. The molecule has 1 aliphatic heterocycles. The number of halogens is 1. The Morgan fingerprint density at radius 1 is 0.882 bits per heavy atom. The van der Waals surface area contributed by atoms with Crippen molar-refractivity contribution < 1.29 is 4.39 Å². The third-order valence-electron chi connectivity index (χ3n) is 3.68. The molecule has 17 heavy (non-hydrogen) atoms. The lowest BCUT2D eigenvalue weighted by atomic mass is 10.0. The molecule has 0 spiro atoms. The standard InChI is InChI=1S/C15H29FS/c1-3-5-7-9-14-11-13(16)12-15(17-14)10-8-6-4-2/h13-15H,3-12H2,1-2H3/t13?,14-,15+. The molecule has 2 heteroatoms. The number of hydrogen-bond donors (Lipinski definition) is 0. The van der Waals surface area contributed by atoms with E-state index in [2.05, 4.69) is 25.6 Å². The van der Waals surface area contributed by atoms with Crippen LogP contribution >= 0.6 is 11.8 Å². The van der Waals surface area contributed by atoms with Gasteiger partial charge in [-0.05, 0) is 25.7 Å². The second kappa shape index (κ2) is 9.24. The fraction of sp³-hybridized carbons (Fsp3) is 1.00. The van der Waals surface area contributed by atoms with E-state index in [4.69, 9.17) is 0 Å². The summed E-state index contributed by atoms with van der Waals surface area (Å²) in [5, 5.41) is 1.22. The summed E-state index contributed by atoms with van der Waals surface area (Å²) >= 11 is 2.10. The normalized spacial score (nSPS) is 29.5. The van der Waals surface area contributed by atoms with E-state index < -0.39 is 6.17 Å². The van der Waals surface area contributed by atoms with Crippen LogP contribution in [0.4, 0.5) is 4.39 Å². The summed E-state index contributed by atoms with van der Waals surface area (Å²) in [4.78, 5) is 0. The Balaban J connectivity index is 2.21. The lowest BCUT2D eigenvalue weighted by molar-refractivity contribution is 0.275. The Kier molecular flexibility index (Phi) is 8.34. The molecule has 0 saturated carbocycles. The maximum absolute atomic E-state index is 13.7. The maximum Gasteiger partial charge on any atom is 0.102 e. The van der Waals surface area contributed by atoms with Gasteiger partial charge in [-0.25, -0.2) is 4.39 Å². The molecule has 102 valence electrons. The van der Waals surface area contributed by atoms with Gasteiger partial charge in [0.1, 0.15) is 6.17 Å². The van der Waals surface area contributed by atoms with Crippen LogP contribution in [-0.2, 0) is 0 Å². The van der Waals surface area contributed by atoms with Crippen molar-refractivity contribution in [3.63, 3.8) is 0 Å². The molecule has 0 N–H and O–H groups in total. The minimum absolute atomic E-state index is 0.519. The Bertz CT molecular complexity index is 166. The van der Waals surface area contributed by atoms with E-state index >= 15 is 0 Å². The van der Waals surface area contributed by atoms with Crippen LogP contribution in [0.3, 0.4) is 0 Å². The van der Waals surface area contributed by atoms with Crippen molar-refractivity contribution in [3.8, 4) is 0 Å². The average Bonchev–Trinajstić information content (AvgIpc) is 2.29. The lowest BCUT2D eigenvalue weighted by Gasteiger charge is -2.31. The van der Waals surface area contributed by atoms with E-state index in [9.17, 15) is 4.39 Å². The summed E-state index contributed by atoms with van der Waals surface area (Å²) in [6.07, 6.45) is 11.4. The minimum atomic E-state index is -0.519. The predicted molar refractivity (Wildman–Crippen MR) is 77.6 cm³/mol. The molecule has 0 bridgehead atoms. The third kappa shape index (κ3) is 6.69. The summed E-state index contributed by atoms with van der Waals surface area (Å²) < 4.78 is 13.7. The molecule has 0 aromatic heterocycles. The number of unbranched alkanes of at least 4 members (excludes halogenated alkanes) is 4. The predicted octanol–water partition coefficient (Wildman–Crippen LogP) is 5.75. The molecule has 1 rings (SSSR count). The highest BCUT2D eigenvalue weighted by molar-refractivity contribution is 8.00. The molecule has 0 aromatic carbocycles. The fourth-order valence-electron chi connectivity index (χ4n) is 2.67. The van der Waals surface area contributed by atoms with E-state index in [0.717, 1.165) is 12.8 Å². The molecule has 0 radical (unpaired) electrons. The smallest absolute Gasteiger partial charge is 0.102 e. The average molecular weight is 260 g/mol. The quantitative estimate of drug-likeness (QED) is 0.501. The first-order valence-corrected chi connectivity index (χ1v) is 8.50. The highest BCUT2D eigenvalue weighted by Gasteiger charge is 2.28. The van der Waals surface area contributed by atoms with Crippen molar-refractivity contribution in [3.05, 3.63) is 0 Å². The zero-order valence-corrected chi connectivity index (χ0v) is 12.4. The van der Waals surface area contributed by atoms with Crippen LogP contribution in [0.5, 0.6) is 0 Å². The van der Waals surface area contributed by atoms with Gasteiger partial charge in [0.05, 0.1) is 0 Å². The Labute approximate surface area is 111 Å². The van der Waals surface area contributed by atoms with Crippen LogP contribution in [-0.4, -0.2) is 16.7 Å². The van der Waals surface area contributed by atoms with Gasteiger partial charge in [0.15, 0.2) is 0 Å². The second-order valence-corrected chi connectivity index (χ2v) is 7.05. The van der Waals surface area contributed by atoms with Crippen LogP contribution in [0.25, 0.3) is 0 Å². The minimum Gasteiger partial charge on any atom is -0.247 e. The highest BCUT2D eigenvalue weighted by Crippen LogP contribution is 2.38. The lowest BCUT2D eigenvalue weighted by Crippen LogP contribution is -2.26. The van der Waals surface area contributed by atoms with Crippen molar-refractivity contribution in [2.75, 3.05) is 0 Å². The Morgan fingerprint density at radius 2 is 1.35 bits per heavy atom. The van der Waals surface area contributed by atoms with Crippen molar-refractivity contribution in [1.82, 2.24) is 0 Å². The van der Waals surface area contributed by atoms with Crippen LogP contribution in [0.2, 0.25) is 0 Å². The van der Waals surface area contributed by atoms with Crippen LogP contribution < -0.4 is 0 Å². The van der Waals surface area contributed by atoms with Gasteiger partial charge < -0.3 is 0 Å². The first kappa shape index (κ1) is 15.3. The number of hydrogen-bond acceptors (Lipinski definition) is 1. The molecule has 1 aliphatic rings.